The molecule has 7 nitrogen and oxygen atoms in total. The molecule has 160 valence electrons. The van der Waals surface area contributed by atoms with Crippen LogP contribution in [0.4, 0.5) is 10.3 Å². The third-order valence-electron chi connectivity index (χ3n) is 6.51. The topological polar surface area (TPSA) is 86.8 Å². The van der Waals surface area contributed by atoms with Gasteiger partial charge in [-0.05, 0) is 48.2 Å². The largest absolute Gasteiger partial charge is 0.346 e. The summed E-state index contributed by atoms with van der Waals surface area (Å²) in [5.41, 5.74) is 4.11. The van der Waals surface area contributed by atoms with Gasteiger partial charge < -0.3 is 15.2 Å². The lowest BCUT2D eigenvalue weighted by Crippen LogP contribution is -2.56. The predicted octanol–water partition coefficient (Wildman–Crippen LogP) is 3.33. The van der Waals surface area contributed by atoms with E-state index < -0.39 is 0 Å². The molecule has 0 saturated carbocycles. The number of anilines is 1. The number of H-pyrrole nitrogens is 1. The summed E-state index contributed by atoms with van der Waals surface area (Å²) in [4.78, 5) is 31.5. The van der Waals surface area contributed by atoms with Crippen molar-refractivity contribution in [3.8, 4) is 11.4 Å². The average molecular weight is 428 g/mol. The number of carbonyl (C=O) groups is 1. The highest BCUT2D eigenvalue weighted by Gasteiger charge is 2.42. The van der Waals surface area contributed by atoms with Crippen molar-refractivity contribution in [3.05, 3.63) is 71.7 Å². The van der Waals surface area contributed by atoms with Crippen molar-refractivity contribution in [2.24, 2.45) is 0 Å². The van der Waals surface area contributed by atoms with Crippen LogP contribution in [0.15, 0.2) is 54.7 Å². The number of amides is 1. The Labute approximate surface area is 183 Å². The van der Waals surface area contributed by atoms with E-state index in [0.29, 0.717) is 17.9 Å². The minimum Gasteiger partial charge on any atom is -0.346 e. The van der Waals surface area contributed by atoms with E-state index in [1.54, 1.807) is 18.3 Å². The molecule has 1 amide bonds. The van der Waals surface area contributed by atoms with Crippen molar-refractivity contribution in [2.75, 3.05) is 18.0 Å². The second kappa shape index (κ2) is 7.12. The van der Waals surface area contributed by atoms with E-state index in [1.807, 2.05) is 12.1 Å². The molecule has 2 aromatic heterocycles. The molecule has 6 rings (SSSR count). The Morgan fingerprint density at radius 1 is 1.00 bits per heavy atom. The number of halogens is 1. The molecule has 1 spiro atoms. The highest BCUT2D eigenvalue weighted by Crippen LogP contribution is 2.38. The van der Waals surface area contributed by atoms with Crippen molar-refractivity contribution in [1.82, 2.24) is 25.3 Å². The molecule has 0 atom stereocenters. The van der Waals surface area contributed by atoms with Crippen molar-refractivity contribution in [2.45, 2.75) is 24.8 Å². The van der Waals surface area contributed by atoms with E-state index in [2.05, 4.69) is 37.3 Å². The fourth-order valence-electron chi connectivity index (χ4n) is 4.87. The predicted molar refractivity (Wildman–Crippen MR) is 118 cm³/mol. The van der Waals surface area contributed by atoms with Crippen molar-refractivity contribution in [1.29, 1.82) is 0 Å². The van der Waals surface area contributed by atoms with Gasteiger partial charge in [-0.25, -0.2) is 14.4 Å². The number of aromatic nitrogens is 4. The summed E-state index contributed by atoms with van der Waals surface area (Å²) in [6.45, 7) is 1.51. The van der Waals surface area contributed by atoms with Gasteiger partial charge in [0, 0.05) is 18.7 Å². The summed E-state index contributed by atoms with van der Waals surface area (Å²) >= 11 is 0. The number of piperidine rings is 1. The minimum atomic E-state index is -0.315. The van der Waals surface area contributed by atoms with Gasteiger partial charge in [0.2, 0.25) is 11.9 Å². The second-order valence-electron chi connectivity index (χ2n) is 8.45. The van der Waals surface area contributed by atoms with E-state index in [4.69, 9.17) is 4.98 Å². The number of carbonyl (C=O) groups excluding carboxylic acids is 1. The lowest BCUT2D eigenvalue weighted by Gasteiger charge is -2.45. The molecule has 0 radical (unpaired) electrons. The highest BCUT2D eigenvalue weighted by molar-refractivity contribution is 5.82. The molecule has 1 saturated heterocycles. The summed E-state index contributed by atoms with van der Waals surface area (Å²) in [5, 5.41) is 3.27. The summed E-state index contributed by atoms with van der Waals surface area (Å²) in [6.07, 6.45) is 3.76. The number of nitrogens with zero attached hydrogens (tertiary/aromatic N) is 4. The molecule has 0 aliphatic carbocycles. The maximum Gasteiger partial charge on any atom is 0.225 e. The normalized spacial score (nSPS) is 17.4. The third kappa shape index (κ3) is 3.10. The van der Waals surface area contributed by atoms with Crippen molar-refractivity contribution in [3.63, 3.8) is 0 Å². The van der Waals surface area contributed by atoms with Crippen LogP contribution in [0.2, 0.25) is 0 Å². The lowest BCUT2D eigenvalue weighted by atomic mass is 9.76. The number of rotatable bonds is 2. The lowest BCUT2D eigenvalue weighted by molar-refractivity contribution is -0.123. The molecule has 2 aliphatic rings. The first-order valence-electron chi connectivity index (χ1n) is 10.7. The molecule has 2 aromatic carbocycles. The standard InChI is InChI=1S/C24H21FN6O/c25-17-7-5-15(6-8-17)21-26-14-19-22(28-21)29-23(27-19)31-11-9-24(10-12-31)18-4-2-1-3-16(18)13-20(32)30-24/h1-8,14H,9-13H2,(H,30,32)(H,26,27,28,29). The second-order valence-corrected chi connectivity index (χ2v) is 8.45. The van der Waals surface area contributed by atoms with Crippen LogP contribution in [0.25, 0.3) is 22.6 Å². The number of nitrogens with one attached hydrogen (secondary N) is 2. The fraction of sp³-hybridized carbons (Fsp3) is 0.250. The quantitative estimate of drug-likeness (QED) is 0.512. The number of hydrogen-bond donors (Lipinski definition) is 2. The van der Waals surface area contributed by atoms with Crippen LogP contribution in [-0.4, -0.2) is 38.9 Å². The minimum absolute atomic E-state index is 0.0875. The Hall–Kier alpha value is -3.81. The van der Waals surface area contributed by atoms with E-state index in [1.165, 1.54) is 17.7 Å². The summed E-state index contributed by atoms with van der Waals surface area (Å²) in [5.74, 6) is 1.05. The van der Waals surface area contributed by atoms with Gasteiger partial charge in [-0.1, -0.05) is 24.3 Å². The monoisotopic (exact) mass is 428 g/mol. The van der Waals surface area contributed by atoms with E-state index >= 15 is 0 Å². The Kier molecular flexibility index (Phi) is 4.21. The van der Waals surface area contributed by atoms with Gasteiger partial charge in [0.25, 0.3) is 0 Å². The molecule has 2 aliphatic heterocycles. The van der Waals surface area contributed by atoms with Crippen LogP contribution in [0.3, 0.4) is 0 Å². The fourth-order valence-corrected chi connectivity index (χ4v) is 4.87. The summed E-state index contributed by atoms with van der Waals surface area (Å²) in [6, 6.07) is 14.3. The number of aromatic amines is 1. The van der Waals surface area contributed by atoms with Gasteiger partial charge >= 0.3 is 0 Å². The van der Waals surface area contributed by atoms with E-state index in [0.717, 1.165) is 48.5 Å². The molecule has 0 bridgehead atoms. The van der Waals surface area contributed by atoms with Crippen LogP contribution in [0.5, 0.6) is 0 Å². The van der Waals surface area contributed by atoms with Crippen molar-refractivity contribution >= 4 is 23.0 Å². The van der Waals surface area contributed by atoms with Crippen molar-refractivity contribution < 1.29 is 9.18 Å². The number of fused-ring (bicyclic) bond motifs is 3. The molecule has 2 N–H and O–H groups in total. The van der Waals surface area contributed by atoms with Crippen LogP contribution in [-0.2, 0) is 16.8 Å². The molecule has 1 fully saturated rings. The maximum atomic E-state index is 13.2. The van der Waals surface area contributed by atoms with E-state index in [-0.39, 0.29) is 17.3 Å². The average Bonchev–Trinajstić information content (AvgIpc) is 3.23. The van der Waals surface area contributed by atoms with Crippen LogP contribution < -0.4 is 10.2 Å². The van der Waals surface area contributed by atoms with Crippen LogP contribution in [0.1, 0.15) is 24.0 Å². The zero-order valence-corrected chi connectivity index (χ0v) is 17.3. The summed E-state index contributed by atoms with van der Waals surface area (Å²) < 4.78 is 13.2. The first-order valence-corrected chi connectivity index (χ1v) is 10.7. The molecular weight excluding hydrogens is 407 g/mol. The van der Waals surface area contributed by atoms with Gasteiger partial charge in [-0.2, -0.15) is 4.98 Å². The van der Waals surface area contributed by atoms with Crippen LogP contribution >= 0.6 is 0 Å². The zero-order valence-electron chi connectivity index (χ0n) is 17.3. The highest BCUT2D eigenvalue weighted by atomic mass is 19.1. The van der Waals surface area contributed by atoms with Gasteiger partial charge in [-0.15, -0.1) is 0 Å². The third-order valence-corrected chi connectivity index (χ3v) is 6.51. The molecule has 4 aromatic rings. The molecule has 8 heteroatoms. The molecule has 4 heterocycles. The molecular formula is C24H21FN6O. The number of benzene rings is 2. The van der Waals surface area contributed by atoms with E-state index in [9.17, 15) is 9.18 Å². The first kappa shape index (κ1) is 18.9. The molecule has 32 heavy (non-hydrogen) atoms. The Morgan fingerprint density at radius 3 is 2.59 bits per heavy atom. The maximum absolute atomic E-state index is 13.2. The number of hydrogen-bond acceptors (Lipinski definition) is 5. The number of imidazole rings is 1. The Bertz CT molecular complexity index is 1320. The SMILES string of the molecule is O=C1Cc2ccccc2C2(CCN(c3nc4nc(-c5ccc(F)cc5)ncc4[nH]3)CC2)N1. The summed E-state index contributed by atoms with van der Waals surface area (Å²) in [7, 11) is 0. The van der Waals surface area contributed by atoms with Gasteiger partial charge in [-0.3, -0.25) is 4.79 Å². The molecule has 0 unspecified atom stereocenters. The van der Waals surface area contributed by atoms with Gasteiger partial charge in [0.15, 0.2) is 11.5 Å². The van der Waals surface area contributed by atoms with Crippen LogP contribution in [0, 0.1) is 5.82 Å². The Balaban J connectivity index is 1.26. The zero-order chi connectivity index (χ0) is 21.7. The van der Waals surface area contributed by atoms with Gasteiger partial charge in [0.1, 0.15) is 11.3 Å². The smallest absolute Gasteiger partial charge is 0.225 e. The Morgan fingerprint density at radius 2 is 1.78 bits per heavy atom. The first-order chi connectivity index (χ1) is 15.6. The van der Waals surface area contributed by atoms with Gasteiger partial charge in [0.05, 0.1) is 18.2 Å².